The maximum absolute atomic E-state index is 3.46. The summed E-state index contributed by atoms with van der Waals surface area (Å²) in [5, 5.41) is 3.46. The van der Waals surface area contributed by atoms with Gasteiger partial charge in [-0.2, -0.15) is 0 Å². The van der Waals surface area contributed by atoms with Crippen LogP contribution in [0.15, 0.2) is 0 Å². The molecule has 2 heteroatoms. The van der Waals surface area contributed by atoms with Gasteiger partial charge in [0.15, 0.2) is 0 Å². The topological polar surface area (TPSA) is 15.3 Å². The van der Waals surface area contributed by atoms with Gasteiger partial charge < -0.3 is 10.2 Å². The van der Waals surface area contributed by atoms with Crippen molar-refractivity contribution in [2.75, 3.05) is 33.2 Å². The van der Waals surface area contributed by atoms with Crippen molar-refractivity contribution in [3.05, 3.63) is 0 Å². The molecule has 0 bridgehead atoms. The van der Waals surface area contributed by atoms with Gasteiger partial charge in [0.05, 0.1) is 0 Å². The van der Waals surface area contributed by atoms with E-state index in [2.05, 4.69) is 38.0 Å². The zero-order valence-corrected chi connectivity index (χ0v) is 12.6. The van der Waals surface area contributed by atoms with E-state index in [0.29, 0.717) is 0 Å². The molecule has 1 N–H and O–H groups in total. The summed E-state index contributed by atoms with van der Waals surface area (Å²) in [5.74, 6) is 0.846. The Morgan fingerprint density at radius 3 is 2.35 bits per heavy atom. The first-order chi connectivity index (χ1) is 8.20. The molecule has 1 unspecified atom stereocenters. The van der Waals surface area contributed by atoms with Gasteiger partial charge in [-0.15, -0.1) is 0 Å². The van der Waals surface area contributed by atoms with E-state index in [4.69, 9.17) is 0 Å². The zero-order valence-electron chi connectivity index (χ0n) is 12.6. The molecule has 0 fully saturated rings. The average Bonchev–Trinajstić information content (AvgIpc) is 2.32. The van der Waals surface area contributed by atoms with E-state index in [1.165, 1.54) is 64.7 Å². The van der Waals surface area contributed by atoms with Crippen molar-refractivity contribution in [1.82, 2.24) is 10.2 Å². The third-order valence-electron chi connectivity index (χ3n) is 3.39. The number of nitrogens with zero attached hydrogens (tertiary/aromatic N) is 1. The molecule has 0 aromatic heterocycles. The van der Waals surface area contributed by atoms with E-state index in [0.717, 1.165) is 5.92 Å². The summed E-state index contributed by atoms with van der Waals surface area (Å²) in [7, 11) is 2.26. The minimum Gasteiger partial charge on any atom is -0.317 e. The van der Waals surface area contributed by atoms with Gasteiger partial charge in [-0.25, -0.2) is 0 Å². The Bertz CT molecular complexity index is 148. The number of unbranched alkanes of at least 4 members (excludes halogenated alkanes) is 3. The van der Waals surface area contributed by atoms with Crippen molar-refractivity contribution in [3.8, 4) is 0 Å². The molecule has 1 atom stereocenters. The van der Waals surface area contributed by atoms with Crippen LogP contribution in [0.5, 0.6) is 0 Å². The Balaban J connectivity index is 3.16. The van der Waals surface area contributed by atoms with E-state index >= 15 is 0 Å². The molecule has 0 saturated heterocycles. The SMILES string of the molecule is CCCNCCCCCCN(C)CC(C)CC. The standard InChI is InChI=1S/C15H34N2/c1-5-11-16-12-9-7-8-10-13-17(4)14-15(3)6-2/h15-16H,5-14H2,1-4H3. The molecule has 104 valence electrons. The van der Waals surface area contributed by atoms with E-state index in [1.54, 1.807) is 0 Å². The number of hydrogen-bond donors (Lipinski definition) is 1. The van der Waals surface area contributed by atoms with Crippen molar-refractivity contribution in [1.29, 1.82) is 0 Å². The minimum absolute atomic E-state index is 0.846. The summed E-state index contributed by atoms with van der Waals surface area (Å²) in [6, 6.07) is 0. The van der Waals surface area contributed by atoms with Crippen LogP contribution in [0.1, 0.15) is 59.3 Å². The van der Waals surface area contributed by atoms with Gasteiger partial charge >= 0.3 is 0 Å². The predicted octanol–water partition coefficient (Wildman–Crippen LogP) is 3.52. The fourth-order valence-corrected chi connectivity index (χ4v) is 2.04. The van der Waals surface area contributed by atoms with Crippen LogP contribution in [0.4, 0.5) is 0 Å². The molecule has 0 amide bonds. The Kier molecular flexibility index (Phi) is 12.3. The van der Waals surface area contributed by atoms with Crippen LogP contribution in [0.3, 0.4) is 0 Å². The molecule has 0 aliphatic carbocycles. The third kappa shape index (κ3) is 12.2. The van der Waals surface area contributed by atoms with Crippen molar-refractivity contribution in [3.63, 3.8) is 0 Å². The Morgan fingerprint density at radius 1 is 1.00 bits per heavy atom. The molecule has 2 nitrogen and oxygen atoms in total. The largest absolute Gasteiger partial charge is 0.317 e. The van der Waals surface area contributed by atoms with Crippen LogP contribution in [-0.4, -0.2) is 38.1 Å². The fourth-order valence-electron chi connectivity index (χ4n) is 2.04. The number of hydrogen-bond acceptors (Lipinski definition) is 2. The number of rotatable bonds is 12. The van der Waals surface area contributed by atoms with Gasteiger partial charge in [0.25, 0.3) is 0 Å². The van der Waals surface area contributed by atoms with E-state index < -0.39 is 0 Å². The summed E-state index contributed by atoms with van der Waals surface area (Å²) in [6.07, 6.45) is 8.02. The first-order valence-corrected chi connectivity index (χ1v) is 7.59. The van der Waals surface area contributed by atoms with E-state index in [1.807, 2.05) is 0 Å². The van der Waals surface area contributed by atoms with Crippen LogP contribution < -0.4 is 5.32 Å². The monoisotopic (exact) mass is 242 g/mol. The first kappa shape index (κ1) is 16.9. The second kappa shape index (κ2) is 12.4. The lowest BCUT2D eigenvalue weighted by Gasteiger charge is -2.20. The maximum atomic E-state index is 3.46. The first-order valence-electron chi connectivity index (χ1n) is 7.59. The highest BCUT2D eigenvalue weighted by Gasteiger charge is 2.03. The van der Waals surface area contributed by atoms with Crippen molar-refractivity contribution >= 4 is 0 Å². The quantitative estimate of drug-likeness (QED) is 0.527. The van der Waals surface area contributed by atoms with Gasteiger partial charge in [-0.1, -0.05) is 40.0 Å². The summed E-state index contributed by atoms with van der Waals surface area (Å²) in [4.78, 5) is 2.49. The average molecular weight is 242 g/mol. The lowest BCUT2D eigenvalue weighted by Crippen LogP contribution is -2.25. The van der Waals surface area contributed by atoms with Gasteiger partial charge in [0.2, 0.25) is 0 Å². The van der Waals surface area contributed by atoms with E-state index in [-0.39, 0.29) is 0 Å². The molecule has 0 aliphatic heterocycles. The normalized spacial score (nSPS) is 13.2. The third-order valence-corrected chi connectivity index (χ3v) is 3.39. The Hall–Kier alpha value is -0.0800. The van der Waals surface area contributed by atoms with Gasteiger partial charge in [-0.05, 0) is 51.9 Å². The van der Waals surface area contributed by atoms with Gasteiger partial charge in [0.1, 0.15) is 0 Å². The highest BCUT2D eigenvalue weighted by molar-refractivity contribution is 4.58. The van der Waals surface area contributed by atoms with Crippen LogP contribution in [0.2, 0.25) is 0 Å². The second-order valence-corrected chi connectivity index (χ2v) is 5.44. The summed E-state index contributed by atoms with van der Waals surface area (Å²) < 4.78 is 0. The highest BCUT2D eigenvalue weighted by atomic mass is 15.1. The van der Waals surface area contributed by atoms with Gasteiger partial charge in [-0.3, -0.25) is 0 Å². The fraction of sp³-hybridized carbons (Fsp3) is 1.00. The van der Waals surface area contributed by atoms with Crippen molar-refractivity contribution in [2.24, 2.45) is 5.92 Å². The lowest BCUT2D eigenvalue weighted by atomic mass is 10.1. The Labute approximate surface area is 109 Å². The Morgan fingerprint density at radius 2 is 1.71 bits per heavy atom. The molecule has 17 heavy (non-hydrogen) atoms. The predicted molar refractivity (Wildman–Crippen MR) is 78.6 cm³/mol. The summed E-state index contributed by atoms with van der Waals surface area (Å²) in [5.41, 5.74) is 0. The van der Waals surface area contributed by atoms with Crippen LogP contribution in [0.25, 0.3) is 0 Å². The number of nitrogens with one attached hydrogen (secondary N) is 1. The van der Waals surface area contributed by atoms with Gasteiger partial charge in [0, 0.05) is 6.54 Å². The summed E-state index contributed by atoms with van der Waals surface area (Å²) >= 11 is 0. The van der Waals surface area contributed by atoms with Crippen LogP contribution in [0, 0.1) is 5.92 Å². The van der Waals surface area contributed by atoms with Crippen molar-refractivity contribution in [2.45, 2.75) is 59.3 Å². The molecule has 0 spiro atoms. The zero-order chi connectivity index (χ0) is 12.9. The highest BCUT2D eigenvalue weighted by Crippen LogP contribution is 2.05. The molecule has 0 aromatic carbocycles. The summed E-state index contributed by atoms with van der Waals surface area (Å²) in [6.45, 7) is 11.8. The molecule has 0 heterocycles. The maximum Gasteiger partial charge on any atom is 0.000387 e. The molecule has 0 aliphatic rings. The smallest absolute Gasteiger partial charge is 0.000387 e. The molecule has 0 aromatic rings. The van der Waals surface area contributed by atoms with Crippen LogP contribution >= 0.6 is 0 Å². The molecule has 0 radical (unpaired) electrons. The molecule has 0 saturated carbocycles. The molecular formula is C15H34N2. The van der Waals surface area contributed by atoms with E-state index in [9.17, 15) is 0 Å². The second-order valence-electron chi connectivity index (χ2n) is 5.44. The molecular weight excluding hydrogens is 208 g/mol. The minimum atomic E-state index is 0.846. The van der Waals surface area contributed by atoms with Crippen LogP contribution in [-0.2, 0) is 0 Å². The van der Waals surface area contributed by atoms with Crippen molar-refractivity contribution < 1.29 is 0 Å². The lowest BCUT2D eigenvalue weighted by molar-refractivity contribution is 0.276. The molecule has 0 rings (SSSR count).